The summed E-state index contributed by atoms with van der Waals surface area (Å²) < 4.78 is 4.89. The third-order valence-corrected chi connectivity index (χ3v) is 3.49. The fourth-order valence-corrected chi connectivity index (χ4v) is 2.37. The Hall–Kier alpha value is -1.14. The molecule has 0 radical (unpaired) electrons. The van der Waals surface area contributed by atoms with Crippen LogP contribution in [0.5, 0.6) is 0 Å². The molecule has 2 amide bonds. The molecule has 1 aliphatic carbocycles. The summed E-state index contributed by atoms with van der Waals surface area (Å²) in [4.78, 5) is 25.2. The van der Waals surface area contributed by atoms with Crippen LogP contribution >= 0.6 is 0 Å². The first kappa shape index (κ1) is 15.9. The van der Waals surface area contributed by atoms with Gasteiger partial charge in [-0.2, -0.15) is 0 Å². The van der Waals surface area contributed by atoms with Gasteiger partial charge in [-0.3, -0.25) is 9.59 Å². The van der Waals surface area contributed by atoms with Crippen molar-refractivity contribution < 1.29 is 14.3 Å². The van der Waals surface area contributed by atoms with Crippen molar-refractivity contribution in [1.29, 1.82) is 0 Å². The maximum atomic E-state index is 12.1. The van der Waals surface area contributed by atoms with Gasteiger partial charge >= 0.3 is 0 Å². The number of ether oxygens (including phenoxy) is 1. The quantitative estimate of drug-likeness (QED) is 0.624. The maximum absolute atomic E-state index is 12.1. The highest BCUT2D eigenvalue weighted by Gasteiger charge is 2.32. The van der Waals surface area contributed by atoms with Crippen LogP contribution in [0.25, 0.3) is 0 Å². The van der Waals surface area contributed by atoms with Crippen LogP contribution in [0.2, 0.25) is 0 Å². The molecule has 0 aromatic rings. The molecule has 6 heteroatoms. The first-order valence-corrected chi connectivity index (χ1v) is 6.82. The molecule has 0 aliphatic heterocycles. The number of nitrogens with zero attached hydrogens (tertiary/aromatic N) is 1. The highest BCUT2D eigenvalue weighted by atomic mass is 16.5. The van der Waals surface area contributed by atoms with Crippen LogP contribution in [0.1, 0.15) is 25.7 Å². The van der Waals surface area contributed by atoms with E-state index in [9.17, 15) is 9.59 Å². The first-order chi connectivity index (χ1) is 9.06. The number of likely N-dealkylation sites (N-methyl/N-ethyl adjacent to an activating group) is 1. The topological polar surface area (TPSA) is 84.7 Å². The van der Waals surface area contributed by atoms with Gasteiger partial charge in [-0.25, -0.2) is 0 Å². The normalized spacial score (nSPS) is 22.3. The third-order valence-electron chi connectivity index (χ3n) is 3.49. The van der Waals surface area contributed by atoms with Gasteiger partial charge in [0.25, 0.3) is 0 Å². The minimum atomic E-state index is -0.140. The Balaban J connectivity index is 2.27. The van der Waals surface area contributed by atoms with Crippen LogP contribution in [0.3, 0.4) is 0 Å². The Bertz CT molecular complexity index is 310. The molecule has 0 saturated heterocycles. The highest BCUT2D eigenvalue weighted by Crippen LogP contribution is 2.25. The lowest BCUT2D eigenvalue weighted by atomic mass is 10.0. The number of nitrogens with two attached hydrogens (primary N) is 1. The zero-order valence-corrected chi connectivity index (χ0v) is 11.9. The molecule has 0 aromatic carbocycles. The number of hydrogen-bond donors (Lipinski definition) is 2. The summed E-state index contributed by atoms with van der Waals surface area (Å²) in [5.74, 6) is -0.276. The molecule has 1 saturated carbocycles. The highest BCUT2D eigenvalue weighted by molar-refractivity contribution is 5.86. The summed E-state index contributed by atoms with van der Waals surface area (Å²) in [6, 6.07) is -0.0558. The molecule has 2 atom stereocenters. The third kappa shape index (κ3) is 5.16. The lowest BCUT2D eigenvalue weighted by Gasteiger charge is -2.22. The van der Waals surface area contributed by atoms with Gasteiger partial charge in [-0.15, -0.1) is 0 Å². The Morgan fingerprint density at radius 3 is 2.74 bits per heavy atom. The summed E-state index contributed by atoms with van der Waals surface area (Å²) in [5.41, 5.74) is 5.90. The fraction of sp³-hybridized carbons (Fsp3) is 0.846. The van der Waals surface area contributed by atoms with Crippen LogP contribution in [-0.4, -0.2) is 56.6 Å². The molecule has 3 N–H and O–H groups in total. The number of hydrogen-bond acceptors (Lipinski definition) is 4. The smallest absolute Gasteiger partial charge is 0.239 e. The monoisotopic (exact) mass is 271 g/mol. The predicted octanol–water partition coefficient (Wildman–Crippen LogP) is -0.275. The Morgan fingerprint density at radius 1 is 1.42 bits per heavy atom. The first-order valence-electron chi connectivity index (χ1n) is 6.82. The van der Waals surface area contributed by atoms with Crippen molar-refractivity contribution in [2.24, 2.45) is 11.7 Å². The maximum Gasteiger partial charge on any atom is 0.239 e. The van der Waals surface area contributed by atoms with E-state index in [-0.39, 0.29) is 30.3 Å². The zero-order chi connectivity index (χ0) is 14.3. The number of carbonyl (C=O) groups excluding carboxylic acids is 2. The summed E-state index contributed by atoms with van der Waals surface area (Å²) in [6.07, 6.45) is 3.50. The van der Waals surface area contributed by atoms with E-state index in [4.69, 9.17) is 10.5 Å². The van der Waals surface area contributed by atoms with Crippen molar-refractivity contribution in [2.75, 3.05) is 33.9 Å². The second-order valence-electron chi connectivity index (χ2n) is 5.09. The van der Waals surface area contributed by atoms with Crippen LogP contribution < -0.4 is 11.1 Å². The largest absolute Gasteiger partial charge is 0.385 e. The van der Waals surface area contributed by atoms with Crippen molar-refractivity contribution in [3.05, 3.63) is 0 Å². The molecule has 19 heavy (non-hydrogen) atoms. The molecule has 0 heterocycles. The van der Waals surface area contributed by atoms with E-state index in [0.29, 0.717) is 13.2 Å². The molecule has 0 spiro atoms. The minimum Gasteiger partial charge on any atom is -0.385 e. The summed E-state index contributed by atoms with van der Waals surface area (Å²) in [5, 5.41) is 2.76. The van der Waals surface area contributed by atoms with E-state index in [1.165, 1.54) is 4.90 Å². The molecule has 1 rings (SSSR count). The Kier molecular flexibility index (Phi) is 6.80. The molecule has 1 fully saturated rings. The molecule has 0 bridgehead atoms. The van der Waals surface area contributed by atoms with E-state index < -0.39 is 0 Å². The van der Waals surface area contributed by atoms with Crippen molar-refractivity contribution >= 4 is 11.8 Å². The van der Waals surface area contributed by atoms with E-state index in [1.807, 2.05) is 0 Å². The van der Waals surface area contributed by atoms with Crippen molar-refractivity contribution in [2.45, 2.75) is 31.7 Å². The van der Waals surface area contributed by atoms with Crippen LogP contribution in [0, 0.1) is 5.92 Å². The van der Waals surface area contributed by atoms with Gasteiger partial charge in [0, 0.05) is 33.4 Å². The molecule has 110 valence electrons. The van der Waals surface area contributed by atoms with Crippen LogP contribution in [-0.2, 0) is 14.3 Å². The molecule has 6 nitrogen and oxygen atoms in total. The molecule has 2 unspecified atom stereocenters. The second kappa shape index (κ2) is 8.12. The summed E-state index contributed by atoms with van der Waals surface area (Å²) >= 11 is 0. The van der Waals surface area contributed by atoms with Gasteiger partial charge in [0.15, 0.2) is 0 Å². The number of methoxy groups -OCH3 is 1. The number of rotatable bonds is 7. The average molecular weight is 271 g/mol. The van der Waals surface area contributed by atoms with Crippen LogP contribution in [0.4, 0.5) is 0 Å². The minimum absolute atomic E-state index is 0.0166. The SMILES string of the molecule is COCCCNC(=O)CN(C)C(=O)C1CCCC1N. The predicted molar refractivity (Wildman–Crippen MR) is 72.5 cm³/mol. The zero-order valence-electron chi connectivity index (χ0n) is 11.9. The van der Waals surface area contributed by atoms with E-state index in [0.717, 1.165) is 25.7 Å². The van der Waals surface area contributed by atoms with Gasteiger partial charge in [0.1, 0.15) is 0 Å². The average Bonchev–Trinajstić information content (AvgIpc) is 2.80. The number of carbonyl (C=O) groups is 2. The van der Waals surface area contributed by atoms with E-state index >= 15 is 0 Å². The van der Waals surface area contributed by atoms with Crippen molar-refractivity contribution in [3.63, 3.8) is 0 Å². The van der Waals surface area contributed by atoms with Crippen molar-refractivity contribution in [1.82, 2.24) is 10.2 Å². The number of nitrogens with one attached hydrogen (secondary N) is 1. The number of amides is 2. The van der Waals surface area contributed by atoms with Gasteiger partial charge < -0.3 is 20.7 Å². The Morgan fingerprint density at radius 2 is 2.16 bits per heavy atom. The summed E-state index contributed by atoms with van der Waals surface area (Å²) in [6.45, 7) is 1.28. The fourth-order valence-electron chi connectivity index (χ4n) is 2.37. The van der Waals surface area contributed by atoms with Crippen molar-refractivity contribution in [3.8, 4) is 0 Å². The lowest BCUT2D eigenvalue weighted by molar-refractivity contribution is -0.138. The van der Waals surface area contributed by atoms with E-state index in [1.54, 1.807) is 14.2 Å². The van der Waals surface area contributed by atoms with E-state index in [2.05, 4.69) is 5.32 Å². The van der Waals surface area contributed by atoms with Gasteiger partial charge in [-0.05, 0) is 19.3 Å². The van der Waals surface area contributed by atoms with Gasteiger partial charge in [0.05, 0.1) is 12.5 Å². The second-order valence-corrected chi connectivity index (χ2v) is 5.09. The van der Waals surface area contributed by atoms with Gasteiger partial charge in [-0.1, -0.05) is 6.42 Å². The molecule has 0 aromatic heterocycles. The standard InChI is InChI=1S/C13H25N3O3/c1-16(9-12(17)15-7-4-8-19-2)13(18)10-5-3-6-11(10)14/h10-11H,3-9,14H2,1-2H3,(H,15,17). The molecular formula is C13H25N3O3. The lowest BCUT2D eigenvalue weighted by Crippen LogP contribution is -2.44. The van der Waals surface area contributed by atoms with Gasteiger partial charge in [0.2, 0.25) is 11.8 Å². The molecule has 1 aliphatic rings. The Labute approximate surface area is 114 Å². The summed E-state index contributed by atoms with van der Waals surface area (Å²) in [7, 11) is 3.28. The van der Waals surface area contributed by atoms with Crippen LogP contribution in [0.15, 0.2) is 0 Å². The molecular weight excluding hydrogens is 246 g/mol.